The van der Waals surface area contributed by atoms with Crippen LogP contribution in [0, 0.1) is 0 Å². The van der Waals surface area contributed by atoms with E-state index in [9.17, 15) is 15.0 Å². The highest BCUT2D eigenvalue weighted by molar-refractivity contribution is 5.69. The Morgan fingerprint density at radius 3 is 2.75 bits per heavy atom. The number of nitrogens with zero attached hydrogens (tertiary/aromatic N) is 3. The Bertz CT molecular complexity index is 253. The van der Waals surface area contributed by atoms with Gasteiger partial charge >= 0.3 is 5.97 Å². The van der Waals surface area contributed by atoms with E-state index in [1.54, 1.807) is 6.92 Å². The van der Waals surface area contributed by atoms with E-state index in [2.05, 4.69) is 14.8 Å². The molecule has 2 N–H and O–H groups in total. The molecule has 0 fully saturated rings. The van der Waals surface area contributed by atoms with Crippen LogP contribution >= 0.6 is 0 Å². The predicted octanol–water partition coefficient (Wildman–Crippen LogP) is 0.752. The first-order chi connectivity index (χ1) is 7.60. The highest BCUT2D eigenvalue weighted by Crippen LogP contribution is 2.07. The molecular weight excluding hydrogens is 214 g/mol. The number of rotatable bonds is 8. The van der Waals surface area contributed by atoms with Gasteiger partial charge in [-0.2, -0.15) is 0 Å². The molecule has 0 radical (unpaired) electrons. The third kappa shape index (κ3) is 8.05. The summed E-state index contributed by atoms with van der Waals surface area (Å²) < 4.78 is 4.65. The number of azide groups is 1. The van der Waals surface area contributed by atoms with Crippen LogP contribution in [0.15, 0.2) is 5.11 Å². The summed E-state index contributed by atoms with van der Waals surface area (Å²) in [5.41, 5.74) is 8.01. The van der Waals surface area contributed by atoms with E-state index in [-0.39, 0.29) is 32.4 Å². The zero-order valence-electron chi connectivity index (χ0n) is 9.24. The summed E-state index contributed by atoms with van der Waals surface area (Å²) in [6, 6.07) is 0. The van der Waals surface area contributed by atoms with Crippen molar-refractivity contribution in [1.29, 1.82) is 0 Å². The Kier molecular flexibility index (Phi) is 8.24. The molecule has 0 spiro atoms. The Hall–Kier alpha value is -1.30. The molecule has 92 valence electrons. The van der Waals surface area contributed by atoms with Crippen LogP contribution in [0.25, 0.3) is 10.4 Å². The number of carbonyl (C=O) groups excluding carboxylic acids is 1. The molecule has 0 aromatic rings. The van der Waals surface area contributed by atoms with Gasteiger partial charge in [0.25, 0.3) is 0 Å². The van der Waals surface area contributed by atoms with E-state index in [0.717, 1.165) is 0 Å². The molecule has 0 unspecified atom stereocenters. The standard InChI is InChI=1S/C9H17N3O4/c1-2-16-9(15)6-8(14)5-7(13)3-4-11-12-10/h7-8,13-14H,2-6H2,1H3/t7-,8-/m1/s1. The second kappa shape index (κ2) is 8.96. The van der Waals surface area contributed by atoms with Crippen LogP contribution in [-0.4, -0.2) is 41.5 Å². The first-order valence-corrected chi connectivity index (χ1v) is 5.12. The van der Waals surface area contributed by atoms with Gasteiger partial charge in [0.05, 0.1) is 25.2 Å². The maximum Gasteiger partial charge on any atom is 0.308 e. The lowest BCUT2D eigenvalue weighted by Gasteiger charge is -2.13. The van der Waals surface area contributed by atoms with Crippen molar-refractivity contribution in [3.63, 3.8) is 0 Å². The molecule has 0 heterocycles. The highest BCUT2D eigenvalue weighted by Gasteiger charge is 2.15. The van der Waals surface area contributed by atoms with E-state index >= 15 is 0 Å². The lowest BCUT2D eigenvalue weighted by atomic mass is 10.1. The van der Waals surface area contributed by atoms with Crippen LogP contribution in [-0.2, 0) is 9.53 Å². The zero-order chi connectivity index (χ0) is 12.4. The number of ether oxygens (including phenoxy) is 1. The van der Waals surface area contributed by atoms with Crippen LogP contribution < -0.4 is 0 Å². The average Bonchev–Trinajstić information content (AvgIpc) is 2.17. The Morgan fingerprint density at radius 1 is 1.50 bits per heavy atom. The van der Waals surface area contributed by atoms with Crippen molar-refractivity contribution in [2.24, 2.45) is 5.11 Å². The summed E-state index contributed by atoms with van der Waals surface area (Å²) >= 11 is 0. The van der Waals surface area contributed by atoms with Crippen molar-refractivity contribution in [3.05, 3.63) is 10.4 Å². The predicted molar refractivity (Wildman–Crippen MR) is 56.5 cm³/mol. The molecule has 0 aromatic heterocycles. The van der Waals surface area contributed by atoms with Crippen molar-refractivity contribution < 1.29 is 19.7 Å². The minimum atomic E-state index is -0.930. The SMILES string of the molecule is CCOC(=O)C[C@H](O)C[C@H](O)CCN=[N+]=[N-]. The molecule has 0 aliphatic carbocycles. The summed E-state index contributed by atoms with van der Waals surface area (Å²) in [4.78, 5) is 13.5. The van der Waals surface area contributed by atoms with Crippen molar-refractivity contribution in [3.8, 4) is 0 Å². The van der Waals surface area contributed by atoms with Crippen molar-refractivity contribution in [2.45, 2.75) is 38.4 Å². The minimum absolute atomic E-state index is 0.0692. The third-order valence-corrected chi connectivity index (χ3v) is 1.88. The number of hydrogen-bond donors (Lipinski definition) is 2. The molecule has 0 bridgehead atoms. The van der Waals surface area contributed by atoms with E-state index in [1.165, 1.54) is 0 Å². The fourth-order valence-electron chi connectivity index (χ4n) is 1.18. The lowest BCUT2D eigenvalue weighted by Crippen LogP contribution is -2.22. The van der Waals surface area contributed by atoms with E-state index in [4.69, 9.17) is 5.53 Å². The van der Waals surface area contributed by atoms with Crippen molar-refractivity contribution in [2.75, 3.05) is 13.2 Å². The summed E-state index contributed by atoms with van der Waals surface area (Å²) in [6.45, 7) is 2.12. The van der Waals surface area contributed by atoms with E-state index in [1.807, 2.05) is 0 Å². The molecule has 7 nitrogen and oxygen atoms in total. The summed E-state index contributed by atoms with van der Waals surface area (Å²) in [5, 5.41) is 22.1. The molecule has 0 aliphatic heterocycles. The maximum atomic E-state index is 11.0. The largest absolute Gasteiger partial charge is 0.466 e. The van der Waals surface area contributed by atoms with Crippen LogP contribution in [0.4, 0.5) is 0 Å². The smallest absolute Gasteiger partial charge is 0.308 e. The molecule has 0 saturated heterocycles. The first-order valence-electron chi connectivity index (χ1n) is 5.12. The fourth-order valence-corrected chi connectivity index (χ4v) is 1.18. The van der Waals surface area contributed by atoms with Crippen molar-refractivity contribution >= 4 is 5.97 Å². The molecule has 0 rings (SSSR count). The molecule has 0 saturated carbocycles. The Morgan fingerprint density at radius 2 is 2.19 bits per heavy atom. The number of esters is 1. The van der Waals surface area contributed by atoms with Gasteiger partial charge in [-0.1, -0.05) is 5.11 Å². The van der Waals surface area contributed by atoms with Gasteiger partial charge < -0.3 is 14.9 Å². The van der Waals surface area contributed by atoms with Crippen LogP contribution in [0.2, 0.25) is 0 Å². The highest BCUT2D eigenvalue weighted by atomic mass is 16.5. The second-order valence-corrected chi connectivity index (χ2v) is 3.30. The number of carbonyl (C=O) groups is 1. The molecule has 0 aromatic carbocycles. The van der Waals surface area contributed by atoms with Gasteiger partial charge in [0.15, 0.2) is 0 Å². The van der Waals surface area contributed by atoms with Crippen LogP contribution in [0.1, 0.15) is 26.2 Å². The second-order valence-electron chi connectivity index (χ2n) is 3.30. The van der Waals surface area contributed by atoms with Gasteiger partial charge in [-0.3, -0.25) is 4.79 Å². The van der Waals surface area contributed by atoms with E-state index in [0.29, 0.717) is 0 Å². The molecule has 0 amide bonds. The number of aliphatic hydroxyl groups excluding tert-OH is 2. The minimum Gasteiger partial charge on any atom is -0.466 e. The Balaban J connectivity index is 3.72. The molecule has 7 heteroatoms. The quantitative estimate of drug-likeness (QED) is 0.277. The summed E-state index contributed by atoms with van der Waals surface area (Å²) in [5.74, 6) is -0.489. The topological polar surface area (TPSA) is 116 Å². The van der Waals surface area contributed by atoms with Gasteiger partial charge in [-0.15, -0.1) is 0 Å². The monoisotopic (exact) mass is 231 g/mol. The summed E-state index contributed by atoms with van der Waals surface area (Å²) in [7, 11) is 0. The van der Waals surface area contributed by atoms with Gasteiger partial charge in [-0.05, 0) is 25.3 Å². The van der Waals surface area contributed by atoms with Gasteiger partial charge in [0, 0.05) is 11.5 Å². The summed E-state index contributed by atoms with van der Waals surface area (Å²) in [6.07, 6.45) is -1.51. The molecule has 16 heavy (non-hydrogen) atoms. The first kappa shape index (κ1) is 14.7. The van der Waals surface area contributed by atoms with Crippen molar-refractivity contribution in [1.82, 2.24) is 0 Å². The van der Waals surface area contributed by atoms with Gasteiger partial charge in [-0.25, -0.2) is 0 Å². The zero-order valence-corrected chi connectivity index (χ0v) is 9.24. The molecule has 2 atom stereocenters. The third-order valence-electron chi connectivity index (χ3n) is 1.88. The van der Waals surface area contributed by atoms with Gasteiger partial charge in [0.2, 0.25) is 0 Å². The van der Waals surface area contributed by atoms with E-state index < -0.39 is 18.2 Å². The normalized spacial score (nSPS) is 13.7. The molecular formula is C9H17N3O4. The van der Waals surface area contributed by atoms with Gasteiger partial charge in [0.1, 0.15) is 0 Å². The number of aliphatic hydroxyl groups is 2. The average molecular weight is 231 g/mol. The maximum absolute atomic E-state index is 11.0. The van der Waals surface area contributed by atoms with Crippen LogP contribution in [0.5, 0.6) is 0 Å². The Labute approximate surface area is 93.7 Å². The lowest BCUT2D eigenvalue weighted by molar-refractivity contribution is -0.145. The number of hydrogen-bond acceptors (Lipinski definition) is 5. The van der Waals surface area contributed by atoms with Crippen LogP contribution in [0.3, 0.4) is 0 Å². The molecule has 0 aliphatic rings. The fraction of sp³-hybridized carbons (Fsp3) is 0.889.